The van der Waals surface area contributed by atoms with Gasteiger partial charge in [-0.15, -0.1) is 11.3 Å². The van der Waals surface area contributed by atoms with Crippen molar-refractivity contribution in [3.8, 4) is 0 Å². The second-order valence-electron chi connectivity index (χ2n) is 10.5. The summed E-state index contributed by atoms with van der Waals surface area (Å²) in [5, 5.41) is 15.6. The van der Waals surface area contributed by atoms with Crippen LogP contribution in [0.2, 0.25) is 0 Å². The molecule has 2 aromatic heterocycles. The van der Waals surface area contributed by atoms with Crippen molar-refractivity contribution < 1.29 is 33.7 Å². The fourth-order valence-corrected chi connectivity index (χ4v) is 7.54. The molecule has 2 fully saturated rings. The number of fused-ring (bicyclic) bond motifs is 2. The predicted octanol–water partition coefficient (Wildman–Crippen LogP) is 1.64. The van der Waals surface area contributed by atoms with E-state index < -0.39 is 51.4 Å². The summed E-state index contributed by atoms with van der Waals surface area (Å²) in [5.41, 5.74) is 3.99. The van der Waals surface area contributed by atoms with Crippen molar-refractivity contribution in [2.45, 2.75) is 63.7 Å². The summed E-state index contributed by atoms with van der Waals surface area (Å²) in [6, 6.07) is 0. The van der Waals surface area contributed by atoms with Crippen LogP contribution in [0, 0.1) is 10.1 Å². The summed E-state index contributed by atoms with van der Waals surface area (Å²) in [7, 11) is 0. The highest BCUT2D eigenvalue weighted by Gasteiger charge is 2.59. The number of hydrazine groups is 1. The summed E-state index contributed by atoms with van der Waals surface area (Å²) in [6.45, 7) is 2.70. The maximum atomic E-state index is 14.0. The van der Waals surface area contributed by atoms with Crippen LogP contribution in [0.15, 0.2) is 10.8 Å². The number of carbonyl (C=O) groups excluding carboxylic acids is 6. The van der Waals surface area contributed by atoms with Crippen LogP contribution < -0.4 is 5.73 Å². The average molecular weight is 587 g/mol. The smallest absolute Gasteiger partial charge is 0.329 e. The number of nitrogens with zero attached hydrogens (tertiary/aromatic N) is 5. The zero-order chi connectivity index (χ0) is 28.9. The molecule has 40 heavy (non-hydrogen) atoms. The highest BCUT2D eigenvalue weighted by Crippen LogP contribution is 2.44. The molecule has 14 nitrogen and oxygen atoms in total. The first-order valence-corrected chi connectivity index (χ1v) is 14.1. The van der Waals surface area contributed by atoms with E-state index in [4.69, 9.17) is 5.73 Å². The molecule has 2 unspecified atom stereocenters. The molecule has 6 rings (SSSR count). The third-order valence-corrected chi connectivity index (χ3v) is 10.2. The van der Waals surface area contributed by atoms with Gasteiger partial charge >= 0.3 is 5.00 Å². The molecule has 0 bridgehead atoms. The van der Waals surface area contributed by atoms with Crippen LogP contribution in [-0.4, -0.2) is 71.3 Å². The molecule has 4 aliphatic rings. The van der Waals surface area contributed by atoms with Gasteiger partial charge < -0.3 is 15.5 Å². The Morgan fingerprint density at radius 2 is 1.25 bits per heavy atom. The van der Waals surface area contributed by atoms with E-state index in [1.165, 1.54) is 35.5 Å². The summed E-state index contributed by atoms with van der Waals surface area (Å²) < 4.78 is 0. The van der Waals surface area contributed by atoms with E-state index in [1.54, 1.807) is 5.38 Å². The van der Waals surface area contributed by atoms with Crippen molar-refractivity contribution in [1.29, 1.82) is 0 Å². The Morgan fingerprint density at radius 3 is 1.73 bits per heavy atom. The molecule has 0 saturated carbocycles. The van der Waals surface area contributed by atoms with Gasteiger partial charge in [-0.2, -0.15) is 10.0 Å². The lowest BCUT2D eigenvalue weighted by molar-refractivity contribution is -0.380. The van der Waals surface area contributed by atoms with Gasteiger partial charge in [-0.1, -0.05) is 11.3 Å². The van der Waals surface area contributed by atoms with Crippen LogP contribution in [0.5, 0.6) is 0 Å². The number of nitrogen functional groups attached to an aromatic ring is 1. The van der Waals surface area contributed by atoms with Crippen molar-refractivity contribution in [2.24, 2.45) is 0 Å². The Balaban J connectivity index is 1.33. The van der Waals surface area contributed by atoms with Crippen LogP contribution in [0.25, 0.3) is 0 Å². The average Bonchev–Trinajstić information content (AvgIpc) is 3.65. The molecule has 0 spiro atoms. The zero-order valence-corrected chi connectivity index (χ0v) is 22.9. The summed E-state index contributed by atoms with van der Waals surface area (Å²) in [4.78, 5) is 94.0. The highest BCUT2D eigenvalue weighted by atomic mass is 32.1. The van der Waals surface area contributed by atoms with E-state index in [-0.39, 0.29) is 54.9 Å². The van der Waals surface area contributed by atoms with Crippen LogP contribution >= 0.6 is 22.7 Å². The second kappa shape index (κ2) is 8.41. The number of hydrogen-bond acceptors (Lipinski definition) is 11. The summed E-state index contributed by atoms with van der Waals surface area (Å²) >= 11 is 2.02. The second-order valence-corrected chi connectivity index (χ2v) is 12.3. The summed E-state index contributed by atoms with van der Waals surface area (Å²) in [6.07, 6.45) is -0.632. The van der Waals surface area contributed by atoms with Crippen LogP contribution in [0.1, 0.15) is 71.4 Å². The van der Waals surface area contributed by atoms with Gasteiger partial charge in [0, 0.05) is 29.2 Å². The van der Waals surface area contributed by atoms with E-state index in [9.17, 15) is 38.9 Å². The van der Waals surface area contributed by atoms with Gasteiger partial charge in [-0.25, -0.2) is 0 Å². The first-order valence-electron chi connectivity index (χ1n) is 12.3. The monoisotopic (exact) mass is 586 g/mol. The molecular weight excluding hydrogens is 564 g/mol. The topological polar surface area (TPSA) is 185 Å². The SMILES string of the molecule is CC1(N2Cc3c(csc3N)C2=O)CCC(=O)N(N2C(=O)CCC(C)(N3Cc4c(csc4[N+](=O)[O-])C3=O)C2=O)C1=O. The minimum absolute atomic E-state index is 0.0255. The molecular formula is C24H22N6O8S2. The molecule has 2 saturated heterocycles. The van der Waals surface area contributed by atoms with Gasteiger partial charge in [0.2, 0.25) is 11.8 Å². The fraction of sp³-hybridized carbons (Fsp3) is 0.417. The quantitative estimate of drug-likeness (QED) is 0.316. The van der Waals surface area contributed by atoms with Gasteiger partial charge in [-0.05, 0) is 26.7 Å². The molecule has 0 aromatic carbocycles. The molecule has 6 heterocycles. The Morgan fingerprint density at radius 1 is 0.800 bits per heavy atom. The molecule has 6 amide bonds. The number of thiophene rings is 2. The van der Waals surface area contributed by atoms with Crippen LogP contribution in [0.4, 0.5) is 10.0 Å². The lowest BCUT2D eigenvalue weighted by Crippen LogP contribution is -2.72. The highest BCUT2D eigenvalue weighted by molar-refractivity contribution is 7.14. The van der Waals surface area contributed by atoms with Gasteiger partial charge in [0.25, 0.3) is 23.6 Å². The van der Waals surface area contributed by atoms with Crippen molar-refractivity contribution in [2.75, 3.05) is 5.73 Å². The Labute approximate surface area is 234 Å². The number of imide groups is 2. The summed E-state index contributed by atoms with van der Waals surface area (Å²) in [5.74, 6) is -4.55. The molecule has 16 heteroatoms. The van der Waals surface area contributed by atoms with Gasteiger partial charge in [0.1, 0.15) is 11.1 Å². The Kier molecular flexibility index (Phi) is 5.48. The minimum Gasteiger partial charge on any atom is -0.390 e. The van der Waals surface area contributed by atoms with Crippen molar-refractivity contribution in [1.82, 2.24) is 19.8 Å². The number of amides is 6. The van der Waals surface area contributed by atoms with E-state index in [1.807, 2.05) is 0 Å². The maximum absolute atomic E-state index is 14.0. The van der Waals surface area contributed by atoms with Crippen molar-refractivity contribution in [3.63, 3.8) is 0 Å². The lowest BCUT2D eigenvalue weighted by Gasteiger charge is -2.49. The normalized spacial score (nSPS) is 26.8. The molecule has 4 aliphatic heterocycles. The number of carbonyl (C=O) groups is 6. The number of rotatable bonds is 4. The standard InChI is InChI=1S/C24H22N6O8S2/c1-23(26-7-11-13(18(26)33)9-39-17(11)25)5-3-15(31)28(21(23)35)29-16(32)4-6-24(2,22(29)36)27-8-12-14(19(27)34)10-40-20(12)30(37)38/h9-10H,3-8,25H2,1-2H3. The third kappa shape index (κ3) is 3.25. The molecule has 2 aromatic rings. The Bertz CT molecular complexity index is 1600. The molecule has 208 valence electrons. The lowest BCUT2D eigenvalue weighted by atomic mass is 9.86. The van der Waals surface area contributed by atoms with Crippen molar-refractivity contribution in [3.05, 3.63) is 43.1 Å². The van der Waals surface area contributed by atoms with E-state index >= 15 is 0 Å². The van der Waals surface area contributed by atoms with Gasteiger partial charge in [0.05, 0.1) is 39.7 Å². The molecule has 0 aliphatic carbocycles. The number of piperidine rings is 2. The molecule has 0 radical (unpaired) electrons. The van der Waals surface area contributed by atoms with Gasteiger partial charge in [-0.3, -0.25) is 38.9 Å². The predicted molar refractivity (Wildman–Crippen MR) is 138 cm³/mol. The first kappa shape index (κ1) is 26.1. The number of nitrogens with two attached hydrogens (primary N) is 1. The largest absolute Gasteiger partial charge is 0.390 e. The van der Waals surface area contributed by atoms with Crippen molar-refractivity contribution >= 4 is 68.1 Å². The van der Waals surface area contributed by atoms with Crippen LogP contribution in [0.3, 0.4) is 0 Å². The molecule has 2 N–H and O–H groups in total. The maximum Gasteiger partial charge on any atom is 0.329 e. The van der Waals surface area contributed by atoms with E-state index in [0.29, 0.717) is 26.1 Å². The third-order valence-electron chi connectivity index (χ3n) is 8.37. The number of hydrogen-bond donors (Lipinski definition) is 1. The molecule has 2 atom stereocenters. The first-order chi connectivity index (χ1) is 18.8. The number of nitro groups is 1. The van der Waals surface area contributed by atoms with E-state index in [0.717, 1.165) is 16.2 Å². The zero-order valence-electron chi connectivity index (χ0n) is 21.3. The number of anilines is 1. The van der Waals surface area contributed by atoms with Gasteiger partial charge in [0.15, 0.2) is 0 Å². The van der Waals surface area contributed by atoms with Crippen LogP contribution in [-0.2, 0) is 32.3 Å². The minimum atomic E-state index is -1.67. The Hall–Kier alpha value is -4.18. The fourth-order valence-electron chi connectivity index (χ4n) is 5.86. The van der Waals surface area contributed by atoms with E-state index in [2.05, 4.69) is 0 Å².